The minimum absolute atomic E-state index is 0.0420. The number of hydrogen-bond acceptors (Lipinski definition) is 5. The van der Waals surface area contributed by atoms with E-state index in [9.17, 15) is 14.4 Å². The summed E-state index contributed by atoms with van der Waals surface area (Å²) in [4.78, 5) is 41.1. The summed E-state index contributed by atoms with van der Waals surface area (Å²) < 4.78 is 1.71. The summed E-state index contributed by atoms with van der Waals surface area (Å²) >= 11 is 0. The molecule has 1 N–H and O–H groups in total. The molecule has 172 valence electrons. The number of benzene rings is 2. The number of nitrogens with zero attached hydrogens (tertiary/aromatic N) is 4. The number of piperazine rings is 1. The molecule has 0 bridgehead atoms. The maximum atomic E-state index is 12.7. The van der Waals surface area contributed by atoms with Gasteiger partial charge in [0.05, 0.1) is 24.8 Å². The molecule has 1 saturated heterocycles. The third-order valence-corrected chi connectivity index (χ3v) is 6.27. The topological polar surface area (TPSA) is 87.5 Å². The normalized spacial score (nSPS) is 14.4. The summed E-state index contributed by atoms with van der Waals surface area (Å²) in [5.41, 5.74) is 3.68. The highest BCUT2D eigenvalue weighted by Crippen LogP contribution is 2.18. The fraction of sp³-hybridized carbons (Fsp3) is 0.360. The van der Waals surface area contributed by atoms with E-state index in [1.165, 1.54) is 6.20 Å². The fourth-order valence-electron chi connectivity index (χ4n) is 4.13. The first kappa shape index (κ1) is 22.7. The van der Waals surface area contributed by atoms with Crippen molar-refractivity contribution in [3.8, 4) is 0 Å². The molecule has 0 spiro atoms. The van der Waals surface area contributed by atoms with Crippen LogP contribution in [-0.2, 0) is 16.1 Å². The first-order valence-corrected chi connectivity index (χ1v) is 11.2. The quantitative estimate of drug-likeness (QED) is 0.626. The Morgan fingerprint density at radius 2 is 1.76 bits per heavy atom. The smallest absolute Gasteiger partial charge is 0.238 e. The number of hydrogen-bond donors (Lipinski definition) is 1. The molecule has 1 aliphatic heterocycles. The predicted molar refractivity (Wildman–Crippen MR) is 128 cm³/mol. The molecule has 2 heterocycles. The zero-order valence-corrected chi connectivity index (χ0v) is 19.1. The molecule has 0 aliphatic carbocycles. The maximum Gasteiger partial charge on any atom is 0.238 e. The molecule has 0 radical (unpaired) electrons. The highest BCUT2D eigenvalue weighted by Gasteiger charge is 2.22. The average molecular weight is 448 g/mol. The number of para-hydroxylation sites is 1. The summed E-state index contributed by atoms with van der Waals surface area (Å²) in [6.45, 7) is 7.25. The van der Waals surface area contributed by atoms with Gasteiger partial charge in [0.1, 0.15) is 0 Å². The van der Waals surface area contributed by atoms with Gasteiger partial charge >= 0.3 is 0 Å². The Morgan fingerprint density at radius 1 is 1.00 bits per heavy atom. The lowest BCUT2D eigenvalue weighted by Crippen LogP contribution is -2.50. The van der Waals surface area contributed by atoms with Gasteiger partial charge in [-0.3, -0.25) is 24.0 Å². The molecule has 0 saturated carbocycles. The first-order valence-electron chi connectivity index (χ1n) is 11.2. The molecule has 4 rings (SSSR count). The van der Waals surface area contributed by atoms with E-state index in [2.05, 4.69) is 15.3 Å². The van der Waals surface area contributed by atoms with Crippen molar-refractivity contribution in [1.82, 2.24) is 19.6 Å². The van der Waals surface area contributed by atoms with Crippen molar-refractivity contribution in [3.05, 3.63) is 70.0 Å². The Kier molecular flexibility index (Phi) is 6.84. The van der Waals surface area contributed by atoms with Gasteiger partial charge in [-0.1, -0.05) is 24.3 Å². The third-order valence-electron chi connectivity index (χ3n) is 6.27. The molecular weight excluding hydrogens is 418 g/mol. The molecule has 2 amide bonds. The molecule has 3 aromatic rings. The third kappa shape index (κ3) is 5.28. The largest absolute Gasteiger partial charge is 0.340 e. The predicted octanol–water partition coefficient (Wildman–Crippen LogP) is 2.19. The van der Waals surface area contributed by atoms with E-state index in [0.29, 0.717) is 51.1 Å². The standard InChI is InChI=1S/C25H29N5O3/c1-18-6-5-8-21(19(18)2)27-24(32)17-28-12-14-29(15-13-28)25(33)10-11-30-22-9-4-3-7-20(22)23(31)16-26-30/h3-9,16H,10-15,17H2,1-2H3,(H,27,32). The lowest BCUT2D eigenvalue weighted by atomic mass is 10.1. The molecular formula is C25H29N5O3. The molecule has 1 fully saturated rings. The zero-order valence-electron chi connectivity index (χ0n) is 19.1. The van der Waals surface area contributed by atoms with Crippen molar-refractivity contribution in [2.24, 2.45) is 0 Å². The van der Waals surface area contributed by atoms with Crippen LogP contribution in [-0.4, -0.2) is 64.1 Å². The molecule has 0 atom stereocenters. The number of carbonyl (C=O) groups is 2. The van der Waals surface area contributed by atoms with Crippen LogP contribution in [0, 0.1) is 13.8 Å². The van der Waals surface area contributed by atoms with Crippen LogP contribution in [0.2, 0.25) is 0 Å². The lowest BCUT2D eigenvalue weighted by molar-refractivity contribution is -0.133. The van der Waals surface area contributed by atoms with Crippen molar-refractivity contribution in [2.75, 3.05) is 38.0 Å². The summed E-state index contributed by atoms with van der Waals surface area (Å²) in [6, 6.07) is 13.2. The molecule has 8 heteroatoms. The first-order chi connectivity index (χ1) is 15.9. The van der Waals surface area contributed by atoms with Crippen molar-refractivity contribution >= 4 is 28.4 Å². The second-order valence-electron chi connectivity index (χ2n) is 8.45. The van der Waals surface area contributed by atoms with Crippen LogP contribution in [0.4, 0.5) is 5.69 Å². The van der Waals surface area contributed by atoms with Gasteiger partial charge in [-0.15, -0.1) is 0 Å². The Labute approximate surface area is 192 Å². The maximum absolute atomic E-state index is 12.7. The Balaban J connectivity index is 1.26. The number of aromatic nitrogens is 2. The highest BCUT2D eigenvalue weighted by atomic mass is 16.2. The van der Waals surface area contributed by atoms with Gasteiger partial charge in [-0.25, -0.2) is 0 Å². The van der Waals surface area contributed by atoms with Crippen LogP contribution in [0.1, 0.15) is 17.5 Å². The number of rotatable bonds is 6. The van der Waals surface area contributed by atoms with Crippen molar-refractivity contribution in [1.29, 1.82) is 0 Å². The van der Waals surface area contributed by atoms with Gasteiger partial charge in [0, 0.05) is 43.7 Å². The van der Waals surface area contributed by atoms with Crippen LogP contribution >= 0.6 is 0 Å². The summed E-state index contributed by atoms with van der Waals surface area (Å²) in [5.74, 6) is 0.0127. The number of aryl methyl sites for hydroxylation is 2. The van der Waals surface area contributed by atoms with Crippen LogP contribution in [0.15, 0.2) is 53.5 Å². The Bertz CT molecular complexity index is 1230. The number of carbonyl (C=O) groups excluding carboxylic acids is 2. The summed E-state index contributed by atoms with van der Waals surface area (Å²) in [7, 11) is 0. The minimum atomic E-state index is -0.120. The van der Waals surface area contributed by atoms with Crippen LogP contribution in [0.5, 0.6) is 0 Å². The Morgan fingerprint density at radius 3 is 2.55 bits per heavy atom. The van der Waals surface area contributed by atoms with E-state index in [1.807, 2.05) is 55.1 Å². The van der Waals surface area contributed by atoms with Crippen LogP contribution in [0.25, 0.3) is 10.9 Å². The van der Waals surface area contributed by atoms with E-state index < -0.39 is 0 Å². The van der Waals surface area contributed by atoms with Gasteiger partial charge in [0.2, 0.25) is 17.2 Å². The zero-order chi connectivity index (χ0) is 23.4. The molecule has 8 nitrogen and oxygen atoms in total. The average Bonchev–Trinajstić information content (AvgIpc) is 2.82. The van der Waals surface area contributed by atoms with Crippen molar-refractivity contribution < 1.29 is 9.59 Å². The molecule has 33 heavy (non-hydrogen) atoms. The van der Waals surface area contributed by atoms with Crippen LogP contribution < -0.4 is 10.7 Å². The number of amides is 2. The molecule has 2 aromatic carbocycles. The van der Waals surface area contributed by atoms with Crippen molar-refractivity contribution in [2.45, 2.75) is 26.8 Å². The number of fused-ring (bicyclic) bond motifs is 1. The second-order valence-corrected chi connectivity index (χ2v) is 8.45. The van der Waals surface area contributed by atoms with E-state index in [-0.39, 0.29) is 17.2 Å². The van der Waals surface area contributed by atoms with E-state index in [1.54, 1.807) is 10.7 Å². The minimum Gasteiger partial charge on any atom is -0.340 e. The van der Waals surface area contributed by atoms with Crippen LogP contribution in [0.3, 0.4) is 0 Å². The summed E-state index contributed by atoms with van der Waals surface area (Å²) in [5, 5.41) is 7.80. The van der Waals surface area contributed by atoms with Gasteiger partial charge in [-0.2, -0.15) is 5.10 Å². The second kappa shape index (κ2) is 9.95. The summed E-state index contributed by atoms with van der Waals surface area (Å²) in [6.07, 6.45) is 1.61. The molecule has 0 unspecified atom stereocenters. The highest BCUT2D eigenvalue weighted by molar-refractivity contribution is 5.93. The van der Waals surface area contributed by atoms with Gasteiger partial charge in [0.25, 0.3) is 0 Å². The van der Waals surface area contributed by atoms with Gasteiger partial charge < -0.3 is 10.2 Å². The lowest BCUT2D eigenvalue weighted by Gasteiger charge is -2.34. The number of anilines is 1. The SMILES string of the molecule is Cc1cccc(NC(=O)CN2CCN(C(=O)CCn3ncc(=O)c4ccccc43)CC2)c1C. The van der Waals surface area contributed by atoms with E-state index in [0.717, 1.165) is 22.3 Å². The van der Waals surface area contributed by atoms with E-state index in [4.69, 9.17) is 0 Å². The fourth-order valence-corrected chi connectivity index (χ4v) is 4.13. The number of nitrogens with one attached hydrogen (secondary N) is 1. The van der Waals surface area contributed by atoms with Gasteiger partial charge in [-0.05, 0) is 43.2 Å². The Hall–Kier alpha value is -3.52. The molecule has 1 aromatic heterocycles. The molecule has 1 aliphatic rings. The van der Waals surface area contributed by atoms with E-state index >= 15 is 0 Å². The van der Waals surface area contributed by atoms with Crippen molar-refractivity contribution in [3.63, 3.8) is 0 Å². The monoisotopic (exact) mass is 447 g/mol. The van der Waals surface area contributed by atoms with Gasteiger partial charge in [0.15, 0.2) is 0 Å².